The van der Waals surface area contributed by atoms with Gasteiger partial charge in [0.2, 0.25) is 5.82 Å². The molecule has 0 saturated carbocycles. The summed E-state index contributed by atoms with van der Waals surface area (Å²) in [5.41, 5.74) is 2.80. The molecule has 178 valence electrons. The maximum atomic E-state index is 5.34. The Bertz CT molecular complexity index is 994. The van der Waals surface area contributed by atoms with Gasteiger partial charge in [-0.2, -0.15) is 5.10 Å². The molecule has 33 heavy (non-hydrogen) atoms. The number of furan rings is 1. The standard InChI is InChI=1S/C24H33N7O.HI/c1-3-25-24(26-13-10-22-28-23(30-29-22)21-9-6-16-32-21)27-20-11-14-31(15-12-20)17-19-8-5-4-7-18(19)2;/h4-9,16,20H,3,10-15,17H2,1-2H3,(H2,25,26,27)(H,28,29,30);1H. The van der Waals surface area contributed by atoms with Gasteiger partial charge in [0.05, 0.1) is 6.26 Å². The van der Waals surface area contributed by atoms with Gasteiger partial charge in [0, 0.05) is 45.2 Å². The number of likely N-dealkylation sites (tertiary alicyclic amines) is 1. The molecule has 1 aliphatic heterocycles. The topological polar surface area (TPSA) is 94.4 Å². The zero-order valence-electron chi connectivity index (χ0n) is 19.4. The van der Waals surface area contributed by atoms with Gasteiger partial charge in [0.15, 0.2) is 11.7 Å². The quantitative estimate of drug-likeness (QED) is 0.220. The summed E-state index contributed by atoms with van der Waals surface area (Å²) in [6.45, 7) is 8.98. The van der Waals surface area contributed by atoms with E-state index in [4.69, 9.17) is 9.41 Å². The second-order valence-corrected chi connectivity index (χ2v) is 8.21. The SMILES string of the molecule is CCNC(=NCCc1nc(-c2ccco2)n[nH]1)NC1CCN(Cc2ccccc2C)CC1.I. The van der Waals surface area contributed by atoms with Crippen LogP contribution in [-0.2, 0) is 13.0 Å². The fourth-order valence-corrected chi connectivity index (χ4v) is 3.97. The van der Waals surface area contributed by atoms with Gasteiger partial charge in [-0.1, -0.05) is 24.3 Å². The third-order valence-electron chi connectivity index (χ3n) is 5.82. The fraction of sp³-hybridized carbons (Fsp3) is 0.458. The van der Waals surface area contributed by atoms with E-state index in [2.05, 4.69) is 68.8 Å². The smallest absolute Gasteiger partial charge is 0.216 e. The summed E-state index contributed by atoms with van der Waals surface area (Å²) in [5, 5.41) is 14.2. The van der Waals surface area contributed by atoms with Crippen molar-refractivity contribution < 1.29 is 4.42 Å². The van der Waals surface area contributed by atoms with E-state index in [1.807, 2.05) is 12.1 Å². The van der Waals surface area contributed by atoms with Crippen molar-refractivity contribution >= 4 is 29.9 Å². The number of guanidine groups is 1. The molecule has 1 aliphatic rings. The summed E-state index contributed by atoms with van der Waals surface area (Å²) in [6, 6.07) is 12.8. The van der Waals surface area contributed by atoms with Crippen molar-refractivity contribution in [3.05, 3.63) is 59.6 Å². The summed E-state index contributed by atoms with van der Waals surface area (Å²) in [5.74, 6) is 2.92. The predicted octanol–water partition coefficient (Wildman–Crippen LogP) is 3.75. The molecule has 0 radical (unpaired) electrons. The number of aromatic amines is 1. The van der Waals surface area contributed by atoms with Crippen LogP contribution in [0.5, 0.6) is 0 Å². The maximum Gasteiger partial charge on any atom is 0.216 e. The van der Waals surface area contributed by atoms with Crippen LogP contribution in [0, 0.1) is 6.92 Å². The molecule has 1 saturated heterocycles. The van der Waals surface area contributed by atoms with Gasteiger partial charge in [-0.05, 0) is 49.9 Å². The van der Waals surface area contributed by atoms with E-state index in [0.29, 0.717) is 30.6 Å². The minimum Gasteiger partial charge on any atom is -0.461 e. The number of nitrogens with zero attached hydrogens (tertiary/aromatic N) is 4. The van der Waals surface area contributed by atoms with E-state index in [1.165, 1.54) is 11.1 Å². The Morgan fingerprint density at radius 1 is 1.21 bits per heavy atom. The molecule has 1 fully saturated rings. The summed E-state index contributed by atoms with van der Waals surface area (Å²) in [7, 11) is 0. The van der Waals surface area contributed by atoms with Crippen molar-refractivity contribution in [2.75, 3.05) is 26.2 Å². The van der Waals surface area contributed by atoms with Gasteiger partial charge in [0.1, 0.15) is 5.82 Å². The Morgan fingerprint density at radius 3 is 2.76 bits per heavy atom. The minimum absolute atomic E-state index is 0. The predicted molar refractivity (Wildman–Crippen MR) is 142 cm³/mol. The average Bonchev–Trinajstić information content (AvgIpc) is 3.49. The summed E-state index contributed by atoms with van der Waals surface area (Å²) >= 11 is 0. The zero-order chi connectivity index (χ0) is 22.2. The van der Waals surface area contributed by atoms with Crippen LogP contribution in [0.15, 0.2) is 52.1 Å². The molecule has 9 heteroatoms. The highest BCUT2D eigenvalue weighted by atomic mass is 127. The molecular formula is C24H34IN7O. The molecule has 3 aromatic rings. The molecular weight excluding hydrogens is 529 g/mol. The van der Waals surface area contributed by atoms with Crippen molar-refractivity contribution in [1.29, 1.82) is 0 Å². The van der Waals surface area contributed by atoms with Gasteiger partial charge in [0.25, 0.3) is 0 Å². The van der Waals surface area contributed by atoms with Gasteiger partial charge in [-0.3, -0.25) is 15.0 Å². The molecule has 3 N–H and O–H groups in total. The Balaban J connectivity index is 0.00000306. The number of aromatic nitrogens is 3. The Kier molecular flexibility index (Phi) is 9.74. The van der Waals surface area contributed by atoms with Crippen molar-refractivity contribution in [1.82, 2.24) is 30.7 Å². The second kappa shape index (κ2) is 12.7. The molecule has 1 aromatic carbocycles. The monoisotopic (exact) mass is 563 g/mol. The molecule has 3 heterocycles. The van der Waals surface area contributed by atoms with E-state index in [1.54, 1.807) is 6.26 Å². The van der Waals surface area contributed by atoms with Crippen LogP contribution >= 0.6 is 24.0 Å². The first-order valence-electron chi connectivity index (χ1n) is 11.5. The number of benzene rings is 1. The lowest BCUT2D eigenvalue weighted by molar-refractivity contribution is 0.198. The maximum absolute atomic E-state index is 5.34. The van der Waals surface area contributed by atoms with Crippen LogP contribution in [-0.4, -0.2) is 58.3 Å². The molecule has 0 atom stereocenters. The number of hydrogen-bond donors (Lipinski definition) is 3. The number of aliphatic imine (C=N–C) groups is 1. The van der Waals surface area contributed by atoms with Gasteiger partial charge in [-0.25, -0.2) is 4.98 Å². The largest absolute Gasteiger partial charge is 0.461 e. The third kappa shape index (κ3) is 7.29. The van der Waals surface area contributed by atoms with E-state index >= 15 is 0 Å². The van der Waals surface area contributed by atoms with Crippen LogP contribution in [0.2, 0.25) is 0 Å². The zero-order valence-corrected chi connectivity index (χ0v) is 21.7. The van der Waals surface area contributed by atoms with Crippen LogP contribution in [0.1, 0.15) is 36.7 Å². The molecule has 0 aliphatic carbocycles. The normalized spacial score (nSPS) is 15.3. The molecule has 0 unspecified atom stereocenters. The molecule has 2 aromatic heterocycles. The number of halogens is 1. The lowest BCUT2D eigenvalue weighted by Crippen LogP contribution is -2.48. The van der Waals surface area contributed by atoms with E-state index < -0.39 is 0 Å². The number of rotatable bonds is 8. The number of hydrogen-bond acceptors (Lipinski definition) is 5. The number of piperidine rings is 1. The highest BCUT2D eigenvalue weighted by Crippen LogP contribution is 2.16. The lowest BCUT2D eigenvalue weighted by Gasteiger charge is -2.33. The van der Waals surface area contributed by atoms with Crippen LogP contribution in [0.25, 0.3) is 11.6 Å². The number of H-pyrrole nitrogens is 1. The van der Waals surface area contributed by atoms with Crippen LogP contribution in [0.3, 0.4) is 0 Å². The first kappa shape index (κ1) is 25.2. The summed E-state index contributed by atoms with van der Waals surface area (Å²) in [6.07, 6.45) is 4.55. The Labute approximate surface area is 212 Å². The minimum atomic E-state index is 0. The molecule has 4 rings (SSSR count). The van der Waals surface area contributed by atoms with E-state index in [0.717, 1.165) is 50.8 Å². The van der Waals surface area contributed by atoms with Crippen LogP contribution in [0.4, 0.5) is 0 Å². The Morgan fingerprint density at radius 2 is 2.03 bits per heavy atom. The average molecular weight is 563 g/mol. The van der Waals surface area contributed by atoms with Crippen molar-refractivity contribution in [3.63, 3.8) is 0 Å². The number of aryl methyl sites for hydroxylation is 1. The van der Waals surface area contributed by atoms with E-state index in [-0.39, 0.29) is 24.0 Å². The number of nitrogens with one attached hydrogen (secondary N) is 3. The second-order valence-electron chi connectivity index (χ2n) is 8.21. The van der Waals surface area contributed by atoms with E-state index in [9.17, 15) is 0 Å². The molecule has 8 nitrogen and oxygen atoms in total. The first-order valence-corrected chi connectivity index (χ1v) is 11.5. The van der Waals surface area contributed by atoms with Gasteiger partial charge >= 0.3 is 0 Å². The molecule has 0 amide bonds. The molecule has 0 spiro atoms. The highest BCUT2D eigenvalue weighted by Gasteiger charge is 2.20. The summed E-state index contributed by atoms with van der Waals surface area (Å²) in [4.78, 5) is 11.8. The van der Waals surface area contributed by atoms with Crippen molar-refractivity contribution in [2.45, 2.75) is 45.7 Å². The highest BCUT2D eigenvalue weighted by molar-refractivity contribution is 14.0. The Hall–Kier alpha value is -2.40. The van der Waals surface area contributed by atoms with Crippen molar-refractivity contribution in [3.8, 4) is 11.6 Å². The fourth-order valence-electron chi connectivity index (χ4n) is 3.97. The molecule has 0 bridgehead atoms. The van der Waals surface area contributed by atoms with Gasteiger partial charge < -0.3 is 15.1 Å². The first-order chi connectivity index (χ1) is 15.7. The lowest BCUT2D eigenvalue weighted by atomic mass is 10.0. The van der Waals surface area contributed by atoms with Gasteiger partial charge in [-0.15, -0.1) is 24.0 Å². The summed E-state index contributed by atoms with van der Waals surface area (Å²) < 4.78 is 5.34. The van der Waals surface area contributed by atoms with Crippen LogP contribution < -0.4 is 10.6 Å². The third-order valence-corrected chi connectivity index (χ3v) is 5.82. The van der Waals surface area contributed by atoms with Crippen molar-refractivity contribution in [2.24, 2.45) is 4.99 Å².